The number of hydrogen-bond donors (Lipinski definition) is 1. The molecule has 7 rings (SSSR count). The molecule has 0 aliphatic heterocycles. The van der Waals surface area contributed by atoms with E-state index >= 15 is 0 Å². The van der Waals surface area contributed by atoms with Crippen LogP contribution in [-0.2, 0) is 0 Å². The Morgan fingerprint density at radius 3 is 2.26 bits per heavy atom. The summed E-state index contributed by atoms with van der Waals surface area (Å²) in [6.07, 6.45) is 0. The summed E-state index contributed by atoms with van der Waals surface area (Å²) in [6.45, 7) is 0. The highest BCUT2D eigenvalue weighted by Gasteiger charge is 2.18. The number of rotatable bonds is 3. The first-order valence-corrected chi connectivity index (χ1v) is 12.3. The second kappa shape index (κ2) is 7.83. The minimum Gasteiger partial charge on any atom is -0.507 e. The number of furan rings is 1. The number of aromatic hydroxyl groups is 1. The molecule has 0 radical (unpaired) electrons. The first-order valence-electron chi connectivity index (χ1n) is 11.5. The smallest absolute Gasteiger partial charge is 0.143 e. The molecule has 166 valence electrons. The molecule has 0 saturated carbocycles. The van der Waals surface area contributed by atoms with Gasteiger partial charge in [0.2, 0.25) is 0 Å². The lowest BCUT2D eigenvalue weighted by atomic mass is 9.97. The zero-order valence-corrected chi connectivity index (χ0v) is 19.4. The lowest BCUT2D eigenvalue weighted by Gasteiger charge is -2.08. The van der Waals surface area contributed by atoms with Crippen LogP contribution in [0.25, 0.3) is 65.0 Å². The normalized spacial score (nSPS) is 11.5. The maximum absolute atomic E-state index is 10.4. The Bertz CT molecular complexity index is 1860. The van der Waals surface area contributed by atoms with Crippen LogP contribution in [0.1, 0.15) is 0 Å². The van der Waals surface area contributed by atoms with Crippen molar-refractivity contribution in [3.05, 3.63) is 109 Å². The van der Waals surface area contributed by atoms with E-state index in [-0.39, 0.29) is 5.75 Å². The molecule has 5 aromatic carbocycles. The minimum absolute atomic E-state index is 0.236. The number of hydrogen-bond acceptors (Lipinski definition) is 4. The molecule has 2 aromatic heterocycles. The highest BCUT2D eigenvalue weighted by Crippen LogP contribution is 2.43. The third-order valence-electron chi connectivity index (χ3n) is 6.43. The molecular formula is C31H19NO2S. The fourth-order valence-electron chi connectivity index (χ4n) is 4.77. The van der Waals surface area contributed by atoms with Crippen LogP contribution in [0.15, 0.2) is 114 Å². The van der Waals surface area contributed by atoms with E-state index in [0.717, 1.165) is 65.0 Å². The van der Waals surface area contributed by atoms with Gasteiger partial charge in [0.05, 0.1) is 15.8 Å². The average Bonchev–Trinajstić information content (AvgIpc) is 3.50. The highest BCUT2D eigenvalue weighted by atomic mass is 32.1. The predicted molar refractivity (Wildman–Crippen MR) is 145 cm³/mol. The Balaban J connectivity index is 1.52. The van der Waals surface area contributed by atoms with Gasteiger partial charge in [-0.3, -0.25) is 0 Å². The molecule has 35 heavy (non-hydrogen) atoms. The molecule has 0 bridgehead atoms. The lowest BCUT2D eigenvalue weighted by Crippen LogP contribution is -1.85. The molecule has 0 aliphatic carbocycles. The van der Waals surface area contributed by atoms with Gasteiger partial charge in [0.15, 0.2) is 0 Å². The molecule has 7 aromatic rings. The van der Waals surface area contributed by atoms with Gasteiger partial charge < -0.3 is 9.52 Å². The number of phenols is 1. The fraction of sp³-hybridized carbons (Fsp3) is 0. The first-order chi connectivity index (χ1) is 17.3. The standard InChI is InChI=1S/C31H19NO2S/c33-26-15-6-4-12-24(26)31-32-29-25(19-9-2-1-3-10-19)17-20(18-28(29)35-31)21-13-8-14-23-22-11-5-7-16-27(22)34-30(21)23/h1-18,33H. The lowest BCUT2D eigenvalue weighted by molar-refractivity contribution is 0.477. The summed E-state index contributed by atoms with van der Waals surface area (Å²) >= 11 is 1.59. The molecule has 0 amide bonds. The molecule has 0 unspecified atom stereocenters. The predicted octanol–water partition coefficient (Wildman–Crippen LogP) is 8.90. The van der Waals surface area contributed by atoms with Gasteiger partial charge in [-0.2, -0.15) is 0 Å². The summed E-state index contributed by atoms with van der Waals surface area (Å²) < 4.78 is 7.40. The van der Waals surface area contributed by atoms with E-state index in [9.17, 15) is 5.11 Å². The molecule has 1 N–H and O–H groups in total. The van der Waals surface area contributed by atoms with Crippen LogP contribution < -0.4 is 0 Å². The zero-order valence-electron chi connectivity index (χ0n) is 18.6. The van der Waals surface area contributed by atoms with Gasteiger partial charge in [-0.25, -0.2) is 4.98 Å². The van der Waals surface area contributed by atoms with Crippen molar-refractivity contribution >= 4 is 43.5 Å². The molecule has 0 saturated heterocycles. The van der Waals surface area contributed by atoms with Crippen molar-refractivity contribution in [2.45, 2.75) is 0 Å². The van der Waals surface area contributed by atoms with Crippen LogP contribution in [0, 0.1) is 0 Å². The number of thiazole rings is 1. The molecule has 0 fully saturated rings. The third kappa shape index (κ3) is 3.22. The van der Waals surface area contributed by atoms with Gasteiger partial charge in [-0.05, 0) is 41.5 Å². The van der Waals surface area contributed by atoms with Gasteiger partial charge in [0.25, 0.3) is 0 Å². The Labute approximate surface area is 205 Å². The zero-order chi connectivity index (χ0) is 23.4. The molecular weight excluding hydrogens is 450 g/mol. The van der Waals surface area contributed by atoms with Crippen molar-refractivity contribution in [1.82, 2.24) is 4.98 Å². The molecule has 3 nitrogen and oxygen atoms in total. The van der Waals surface area contributed by atoms with E-state index in [1.165, 1.54) is 0 Å². The molecule has 0 aliphatic rings. The van der Waals surface area contributed by atoms with E-state index in [4.69, 9.17) is 9.40 Å². The Kier molecular flexibility index (Phi) is 4.47. The SMILES string of the molecule is Oc1ccccc1-c1nc2c(-c3ccccc3)cc(-c3cccc4c3oc3ccccc34)cc2s1. The van der Waals surface area contributed by atoms with Crippen molar-refractivity contribution in [2.24, 2.45) is 0 Å². The van der Waals surface area contributed by atoms with Gasteiger partial charge >= 0.3 is 0 Å². The molecule has 2 heterocycles. The van der Waals surface area contributed by atoms with Gasteiger partial charge in [0, 0.05) is 21.9 Å². The van der Waals surface area contributed by atoms with Crippen molar-refractivity contribution in [1.29, 1.82) is 0 Å². The Morgan fingerprint density at radius 2 is 1.37 bits per heavy atom. The fourth-order valence-corrected chi connectivity index (χ4v) is 5.83. The number of benzene rings is 5. The van der Waals surface area contributed by atoms with Gasteiger partial charge in [-0.15, -0.1) is 11.3 Å². The number of aromatic nitrogens is 1. The number of fused-ring (bicyclic) bond motifs is 4. The maximum atomic E-state index is 10.4. The Morgan fingerprint density at radius 1 is 0.629 bits per heavy atom. The highest BCUT2D eigenvalue weighted by molar-refractivity contribution is 7.21. The topological polar surface area (TPSA) is 46.3 Å². The number of nitrogens with zero attached hydrogens (tertiary/aromatic N) is 1. The van der Waals surface area contributed by atoms with Crippen LogP contribution in [0.5, 0.6) is 5.75 Å². The minimum atomic E-state index is 0.236. The number of phenolic OH excluding ortho intramolecular Hbond substituents is 1. The van der Waals surface area contributed by atoms with Crippen molar-refractivity contribution in [2.75, 3.05) is 0 Å². The summed E-state index contributed by atoms with van der Waals surface area (Å²) in [4.78, 5) is 4.99. The third-order valence-corrected chi connectivity index (χ3v) is 7.47. The van der Waals surface area contributed by atoms with Crippen LogP contribution >= 0.6 is 11.3 Å². The van der Waals surface area contributed by atoms with Crippen LogP contribution in [0.4, 0.5) is 0 Å². The van der Waals surface area contributed by atoms with Crippen LogP contribution in [0.3, 0.4) is 0 Å². The maximum Gasteiger partial charge on any atom is 0.143 e. The Hall–Kier alpha value is -4.41. The second-order valence-corrected chi connectivity index (χ2v) is 9.58. The van der Waals surface area contributed by atoms with Gasteiger partial charge in [-0.1, -0.05) is 78.9 Å². The van der Waals surface area contributed by atoms with E-state index in [1.807, 2.05) is 54.6 Å². The van der Waals surface area contributed by atoms with Crippen LogP contribution in [-0.4, -0.2) is 10.1 Å². The second-order valence-electron chi connectivity index (χ2n) is 8.55. The molecule has 4 heteroatoms. The average molecular weight is 470 g/mol. The van der Waals surface area contributed by atoms with Crippen LogP contribution in [0.2, 0.25) is 0 Å². The quantitative estimate of drug-likeness (QED) is 0.281. The summed E-state index contributed by atoms with van der Waals surface area (Å²) in [6, 6.07) is 36.6. The van der Waals surface area contributed by atoms with Crippen molar-refractivity contribution in [3.8, 4) is 38.6 Å². The van der Waals surface area contributed by atoms with Crippen molar-refractivity contribution in [3.63, 3.8) is 0 Å². The molecule has 0 spiro atoms. The number of para-hydroxylation sites is 3. The van der Waals surface area contributed by atoms with E-state index < -0.39 is 0 Å². The molecule has 0 atom stereocenters. The summed E-state index contributed by atoms with van der Waals surface area (Å²) in [5.41, 5.74) is 7.74. The summed E-state index contributed by atoms with van der Waals surface area (Å²) in [5.74, 6) is 0.236. The summed E-state index contributed by atoms with van der Waals surface area (Å²) in [5, 5.41) is 13.5. The van der Waals surface area contributed by atoms with E-state index in [2.05, 4.69) is 48.5 Å². The first kappa shape index (κ1) is 20.0. The van der Waals surface area contributed by atoms with Gasteiger partial charge in [0.1, 0.15) is 21.9 Å². The monoisotopic (exact) mass is 469 g/mol. The van der Waals surface area contributed by atoms with E-state index in [1.54, 1.807) is 17.4 Å². The largest absolute Gasteiger partial charge is 0.507 e. The van der Waals surface area contributed by atoms with Crippen molar-refractivity contribution < 1.29 is 9.52 Å². The summed E-state index contributed by atoms with van der Waals surface area (Å²) in [7, 11) is 0. The van der Waals surface area contributed by atoms with E-state index in [0.29, 0.717) is 0 Å².